The van der Waals surface area contributed by atoms with Gasteiger partial charge in [-0.2, -0.15) is 0 Å². The van der Waals surface area contributed by atoms with E-state index in [4.69, 9.17) is 37.9 Å². The Labute approximate surface area is 332 Å². The van der Waals surface area contributed by atoms with Gasteiger partial charge in [0.05, 0.1) is 75.9 Å². The molecule has 304 valence electrons. The summed E-state index contributed by atoms with van der Waals surface area (Å²) in [7, 11) is 0. The molecule has 0 bridgehead atoms. The summed E-state index contributed by atoms with van der Waals surface area (Å²) in [5.41, 5.74) is -1.00. The second-order valence-corrected chi connectivity index (χ2v) is 19.4. The quantitative estimate of drug-likeness (QED) is 0.0788. The summed E-state index contributed by atoms with van der Waals surface area (Å²) in [5.74, 6) is 1.74. The third-order valence-electron chi connectivity index (χ3n) is 10.9. The molecule has 4 saturated heterocycles. The fourth-order valence-electron chi connectivity index (χ4n) is 5.88. The van der Waals surface area contributed by atoms with Crippen LogP contribution in [0.4, 0.5) is 0 Å². The number of thioether (sulfide) groups is 4. The first-order valence-corrected chi connectivity index (χ1v) is 23.3. The number of carbonyl (C=O) groups is 4. The molecule has 0 radical (unpaired) electrons. The first kappa shape index (κ1) is 44.8. The van der Waals surface area contributed by atoms with Gasteiger partial charge in [0.2, 0.25) is 0 Å². The molecule has 0 aromatic heterocycles. The van der Waals surface area contributed by atoms with Gasteiger partial charge in [0.1, 0.15) is 31.8 Å². The van der Waals surface area contributed by atoms with Crippen LogP contribution in [-0.2, 0) is 57.1 Å². The molecule has 0 aliphatic carbocycles. The van der Waals surface area contributed by atoms with Gasteiger partial charge in [-0.25, -0.2) is 0 Å². The lowest BCUT2D eigenvalue weighted by molar-refractivity contribution is -0.167. The van der Waals surface area contributed by atoms with Gasteiger partial charge in [0, 0.05) is 44.7 Å². The summed E-state index contributed by atoms with van der Waals surface area (Å²) in [5, 5.41) is 0. The lowest BCUT2D eigenvalue weighted by Gasteiger charge is -2.40. The second kappa shape index (κ2) is 21.6. The Morgan fingerprint density at radius 3 is 0.792 bits per heavy atom. The van der Waals surface area contributed by atoms with Crippen molar-refractivity contribution in [2.45, 2.75) is 53.4 Å². The van der Waals surface area contributed by atoms with Crippen molar-refractivity contribution >= 4 is 70.9 Å². The van der Waals surface area contributed by atoms with Crippen LogP contribution in [0.1, 0.15) is 53.4 Å². The van der Waals surface area contributed by atoms with Crippen LogP contribution in [0.25, 0.3) is 0 Å². The Morgan fingerprint density at radius 2 is 0.642 bits per heavy atom. The highest BCUT2D eigenvalue weighted by Gasteiger charge is 2.41. The van der Waals surface area contributed by atoms with E-state index in [0.717, 1.165) is 48.7 Å². The molecule has 4 rings (SSSR count). The highest BCUT2D eigenvalue weighted by Crippen LogP contribution is 2.37. The fourth-order valence-corrected chi connectivity index (χ4v) is 10.5. The van der Waals surface area contributed by atoms with Crippen LogP contribution >= 0.6 is 47.0 Å². The van der Waals surface area contributed by atoms with E-state index in [-0.39, 0.29) is 71.1 Å². The van der Waals surface area contributed by atoms with E-state index in [9.17, 15) is 19.2 Å². The van der Waals surface area contributed by atoms with E-state index in [2.05, 4.69) is 27.7 Å². The van der Waals surface area contributed by atoms with Gasteiger partial charge in [0.25, 0.3) is 0 Å². The van der Waals surface area contributed by atoms with Crippen molar-refractivity contribution in [1.82, 2.24) is 0 Å². The van der Waals surface area contributed by atoms with Crippen molar-refractivity contribution in [1.29, 1.82) is 0 Å². The number of hydrogen-bond acceptors (Lipinski definition) is 16. The molecular formula is C37H60O12S4. The molecule has 0 spiro atoms. The van der Waals surface area contributed by atoms with Gasteiger partial charge in [-0.3, -0.25) is 19.2 Å². The average molecular weight is 825 g/mol. The number of rotatable bonds is 28. The number of carbonyl (C=O) groups excluding carboxylic acids is 4. The summed E-state index contributed by atoms with van der Waals surface area (Å²) < 4.78 is 44.7. The molecule has 12 nitrogen and oxygen atoms in total. The Balaban J connectivity index is 1.38. The molecule has 53 heavy (non-hydrogen) atoms. The molecule has 0 amide bonds. The van der Waals surface area contributed by atoms with Crippen LogP contribution in [0.2, 0.25) is 0 Å². The minimum Gasteiger partial charge on any atom is -0.464 e. The predicted molar refractivity (Wildman–Crippen MR) is 210 cm³/mol. The maximum Gasteiger partial charge on any atom is 0.315 e. The normalized spacial score (nSPS) is 20.5. The Bertz CT molecular complexity index is 983. The molecule has 4 aliphatic heterocycles. The first-order valence-electron chi connectivity index (χ1n) is 18.7. The molecule has 0 N–H and O–H groups in total. The molecule has 0 atom stereocenters. The molecule has 4 fully saturated rings. The third kappa shape index (κ3) is 13.6. The van der Waals surface area contributed by atoms with Gasteiger partial charge in [-0.1, -0.05) is 27.7 Å². The van der Waals surface area contributed by atoms with Crippen molar-refractivity contribution in [3.8, 4) is 0 Å². The van der Waals surface area contributed by atoms with Crippen molar-refractivity contribution in [3.05, 3.63) is 0 Å². The lowest BCUT2D eigenvalue weighted by Crippen LogP contribution is -2.45. The maximum absolute atomic E-state index is 13.0. The maximum atomic E-state index is 13.0. The van der Waals surface area contributed by atoms with Gasteiger partial charge in [-0.15, -0.1) is 47.0 Å². The second-order valence-electron chi connectivity index (χ2n) is 15.5. The van der Waals surface area contributed by atoms with Crippen LogP contribution < -0.4 is 0 Å². The van der Waals surface area contributed by atoms with Crippen LogP contribution in [0.5, 0.6) is 0 Å². The highest BCUT2D eigenvalue weighted by molar-refractivity contribution is 8.00. The fraction of sp³-hybridized carbons (Fsp3) is 0.892. The molecule has 4 aliphatic rings. The van der Waals surface area contributed by atoms with Crippen molar-refractivity contribution < 1.29 is 57.1 Å². The van der Waals surface area contributed by atoms with E-state index in [0.29, 0.717) is 52.9 Å². The van der Waals surface area contributed by atoms with E-state index in [1.807, 2.05) is 0 Å². The summed E-state index contributed by atoms with van der Waals surface area (Å²) in [6.45, 7) is 12.8. The molecule has 4 heterocycles. The molecule has 16 heteroatoms. The number of esters is 4. The van der Waals surface area contributed by atoms with E-state index < -0.39 is 29.3 Å². The highest BCUT2D eigenvalue weighted by atomic mass is 32.2. The predicted octanol–water partition coefficient (Wildman–Crippen LogP) is 4.78. The van der Waals surface area contributed by atoms with Crippen LogP contribution in [0.3, 0.4) is 0 Å². The van der Waals surface area contributed by atoms with Crippen LogP contribution in [-0.4, -0.2) is 149 Å². The van der Waals surface area contributed by atoms with Crippen LogP contribution in [0.15, 0.2) is 0 Å². The Kier molecular flexibility index (Phi) is 18.3. The standard InChI is InChI=1S/C37H60O12S4/c1-5-33(13-42-14-33)25-50-9-29(38)46-21-37(22-47-30(39)10-51-26-34(6-2)15-43-16-34,23-48-31(40)11-52-27-35(7-3)17-44-18-35)24-49-32(41)12-53-28-36(8-4)19-45-20-36/h5-28H2,1-4H3. The van der Waals surface area contributed by atoms with Crippen molar-refractivity contribution in [3.63, 3.8) is 0 Å². The molecule has 0 unspecified atom stereocenters. The smallest absolute Gasteiger partial charge is 0.315 e. The Morgan fingerprint density at radius 1 is 0.434 bits per heavy atom. The summed E-state index contributed by atoms with van der Waals surface area (Å²) in [6, 6.07) is 0. The van der Waals surface area contributed by atoms with Gasteiger partial charge in [-0.05, 0) is 25.7 Å². The van der Waals surface area contributed by atoms with Crippen molar-refractivity contribution in [2.75, 3.05) is 125 Å². The number of hydrogen-bond donors (Lipinski definition) is 0. The van der Waals surface area contributed by atoms with Crippen LogP contribution in [0, 0.1) is 27.1 Å². The first-order chi connectivity index (χ1) is 25.5. The van der Waals surface area contributed by atoms with Crippen molar-refractivity contribution in [2.24, 2.45) is 27.1 Å². The molecule has 0 saturated carbocycles. The van der Waals surface area contributed by atoms with E-state index in [1.54, 1.807) is 0 Å². The average Bonchev–Trinajstić information content (AvgIpc) is 3.09. The summed E-state index contributed by atoms with van der Waals surface area (Å²) >= 11 is 5.95. The zero-order valence-corrected chi connectivity index (χ0v) is 35.3. The van der Waals surface area contributed by atoms with E-state index >= 15 is 0 Å². The van der Waals surface area contributed by atoms with Gasteiger partial charge < -0.3 is 37.9 Å². The SMILES string of the molecule is CCC1(CSCC(=O)OCC(COC(=O)CSCC2(CC)COC2)(COC(=O)CSCC2(CC)COC2)COC(=O)CSCC2(CC)COC2)COC1. The van der Waals surface area contributed by atoms with Gasteiger partial charge in [0.15, 0.2) is 0 Å². The van der Waals surface area contributed by atoms with Gasteiger partial charge >= 0.3 is 23.9 Å². The number of ether oxygens (including phenoxy) is 8. The third-order valence-corrected chi connectivity index (χ3v) is 16.0. The molecular weight excluding hydrogens is 765 g/mol. The summed E-state index contributed by atoms with van der Waals surface area (Å²) in [6.07, 6.45) is 3.84. The monoisotopic (exact) mass is 824 g/mol. The van der Waals surface area contributed by atoms with E-state index in [1.165, 1.54) is 47.0 Å². The molecule has 0 aromatic rings. The zero-order chi connectivity index (χ0) is 38.3. The topological polar surface area (TPSA) is 142 Å². The minimum absolute atomic E-state index is 0.0760. The lowest BCUT2D eigenvalue weighted by atomic mass is 9.86. The Hall–Kier alpha value is -0.880. The zero-order valence-electron chi connectivity index (χ0n) is 32.0. The largest absolute Gasteiger partial charge is 0.464 e. The molecule has 0 aromatic carbocycles. The minimum atomic E-state index is -1.31. The summed E-state index contributed by atoms with van der Waals surface area (Å²) in [4.78, 5) is 52.2.